The first-order chi connectivity index (χ1) is 8.74. The lowest BCUT2D eigenvalue weighted by atomic mass is 10.1. The summed E-state index contributed by atoms with van der Waals surface area (Å²) in [5.74, 6) is 0. The lowest BCUT2D eigenvalue weighted by Crippen LogP contribution is -2.43. The lowest BCUT2D eigenvalue weighted by Gasteiger charge is -2.39. The van der Waals surface area contributed by atoms with Crippen molar-refractivity contribution in [2.24, 2.45) is 0 Å². The van der Waals surface area contributed by atoms with Gasteiger partial charge in [-0.25, -0.2) is 0 Å². The van der Waals surface area contributed by atoms with Gasteiger partial charge in [0.15, 0.2) is 8.32 Å². The maximum Gasteiger partial charge on any atom is 0.192 e. The van der Waals surface area contributed by atoms with Crippen molar-refractivity contribution in [3.63, 3.8) is 0 Å². The van der Waals surface area contributed by atoms with E-state index in [1.807, 2.05) is 6.08 Å². The summed E-state index contributed by atoms with van der Waals surface area (Å²) in [5, 5.41) is 0.260. The van der Waals surface area contributed by atoms with Gasteiger partial charge in [-0.3, -0.25) is 4.79 Å². The Labute approximate surface area is 120 Å². The molecule has 0 aromatic rings. The minimum absolute atomic E-state index is 0.260. The summed E-state index contributed by atoms with van der Waals surface area (Å²) < 4.78 is 6.50. The van der Waals surface area contributed by atoms with Gasteiger partial charge in [0.1, 0.15) is 6.29 Å². The molecular formula is C16H32O2Si. The summed E-state index contributed by atoms with van der Waals surface area (Å²) in [6, 6.07) is 0. The zero-order valence-corrected chi connectivity index (χ0v) is 14.7. The lowest BCUT2D eigenvalue weighted by molar-refractivity contribution is -0.104. The van der Waals surface area contributed by atoms with Crippen LogP contribution in [0.3, 0.4) is 0 Å². The van der Waals surface area contributed by atoms with Gasteiger partial charge in [-0.1, -0.05) is 46.6 Å². The minimum atomic E-state index is -1.68. The number of rotatable bonds is 9. The fourth-order valence-electron chi connectivity index (χ4n) is 1.72. The fraction of sp³-hybridized carbons (Fsp3) is 0.812. The summed E-state index contributed by atoms with van der Waals surface area (Å²) in [6.45, 7) is 13.7. The minimum Gasteiger partial charge on any atom is -0.414 e. The molecule has 0 aromatic carbocycles. The summed E-state index contributed by atoms with van der Waals surface area (Å²) in [7, 11) is -1.68. The van der Waals surface area contributed by atoms with E-state index in [4.69, 9.17) is 4.43 Å². The van der Waals surface area contributed by atoms with Gasteiger partial charge in [0.05, 0.1) is 0 Å². The van der Waals surface area contributed by atoms with E-state index >= 15 is 0 Å². The molecule has 0 fully saturated rings. The van der Waals surface area contributed by atoms with Gasteiger partial charge < -0.3 is 4.43 Å². The second-order valence-electron chi connectivity index (χ2n) is 6.78. The predicted octanol–water partition coefficient (Wildman–Crippen LogP) is 5.10. The molecule has 0 aromatic heterocycles. The van der Waals surface area contributed by atoms with Gasteiger partial charge in [0, 0.05) is 6.10 Å². The van der Waals surface area contributed by atoms with Gasteiger partial charge in [-0.2, -0.15) is 0 Å². The molecule has 0 N–H and O–H groups in total. The smallest absolute Gasteiger partial charge is 0.192 e. The topological polar surface area (TPSA) is 26.3 Å². The average molecular weight is 285 g/mol. The van der Waals surface area contributed by atoms with Crippen LogP contribution >= 0.6 is 0 Å². The molecule has 112 valence electrons. The quantitative estimate of drug-likeness (QED) is 0.334. The molecule has 0 aliphatic heterocycles. The average Bonchev–Trinajstić information content (AvgIpc) is 2.29. The van der Waals surface area contributed by atoms with Gasteiger partial charge in [-0.05, 0) is 43.5 Å². The molecular weight excluding hydrogens is 252 g/mol. The van der Waals surface area contributed by atoms with E-state index in [2.05, 4.69) is 40.8 Å². The molecule has 0 rings (SSSR count). The third-order valence-corrected chi connectivity index (χ3v) is 8.55. The van der Waals surface area contributed by atoms with Crippen LogP contribution in [-0.4, -0.2) is 20.7 Å². The van der Waals surface area contributed by atoms with Crippen LogP contribution in [-0.2, 0) is 9.22 Å². The second-order valence-corrected chi connectivity index (χ2v) is 11.5. The Morgan fingerprint density at radius 2 is 1.84 bits per heavy atom. The molecule has 19 heavy (non-hydrogen) atoms. The van der Waals surface area contributed by atoms with Crippen molar-refractivity contribution in [1.29, 1.82) is 0 Å². The molecule has 0 bridgehead atoms. The Morgan fingerprint density at radius 1 is 1.21 bits per heavy atom. The number of allylic oxidation sites excluding steroid dienone is 2. The normalized spacial score (nSPS) is 14.8. The van der Waals surface area contributed by atoms with Gasteiger partial charge in [0.25, 0.3) is 0 Å². The predicted molar refractivity (Wildman–Crippen MR) is 86.0 cm³/mol. The van der Waals surface area contributed by atoms with Crippen molar-refractivity contribution < 1.29 is 9.22 Å². The number of carbonyl (C=O) groups excluding carboxylic acids is 1. The molecule has 3 heteroatoms. The van der Waals surface area contributed by atoms with Crippen molar-refractivity contribution >= 4 is 14.6 Å². The van der Waals surface area contributed by atoms with Crippen LogP contribution in [0.2, 0.25) is 18.1 Å². The first kappa shape index (κ1) is 18.6. The molecule has 0 saturated heterocycles. The Balaban J connectivity index is 4.49. The third-order valence-electron chi connectivity index (χ3n) is 4.02. The molecule has 0 saturated carbocycles. The van der Waals surface area contributed by atoms with Crippen molar-refractivity contribution in [2.45, 2.75) is 84.0 Å². The third kappa shape index (κ3) is 7.68. The van der Waals surface area contributed by atoms with E-state index in [0.717, 1.165) is 25.5 Å². The molecule has 0 radical (unpaired) electrons. The van der Waals surface area contributed by atoms with Crippen LogP contribution < -0.4 is 0 Å². The maximum absolute atomic E-state index is 10.3. The summed E-state index contributed by atoms with van der Waals surface area (Å²) in [5.41, 5.74) is 0. The summed E-state index contributed by atoms with van der Waals surface area (Å²) >= 11 is 0. The van der Waals surface area contributed by atoms with Crippen molar-refractivity contribution in [3.8, 4) is 0 Å². The van der Waals surface area contributed by atoms with Gasteiger partial charge in [-0.15, -0.1) is 0 Å². The Bertz CT molecular complexity index is 277. The molecule has 2 nitrogen and oxygen atoms in total. The van der Waals surface area contributed by atoms with E-state index in [1.165, 1.54) is 12.8 Å². The number of carbonyl (C=O) groups is 1. The Morgan fingerprint density at radius 3 is 2.32 bits per heavy atom. The standard InChI is InChI=1S/C16H32O2Si/c1-7-8-12-15(13-10-9-11-14-17)18-19(5,6)16(2,3)4/h9,11,14-15H,7-8,10,12-13H2,1-6H3/b11-9+. The molecule has 1 atom stereocenters. The van der Waals surface area contributed by atoms with Crippen LogP contribution in [0.1, 0.15) is 59.8 Å². The SMILES string of the molecule is CCCCC(CC/C=C/C=O)O[Si](C)(C)C(C)(C)C. The maximum atomic E-state index is 10.3. The van der Waals surface area contributed by atoms with E-state index in [9.17, 15) is 4.79 Å². The first-order valence-corrected chi connectivity index (χ1v) is 10.4. The van der Waals surface area contributed by atoms with Crippen LogP contribution in [0.15, 0.2) is 12.2 Å². The molecule has 0 spiro atoms. The van der Waals surface area contributed by atoms with E-state index in [1.54, 1.807) is 6.08 Å². The zero-order chi connectivity index (χ0) is 14.9. The highest BCUT2D eigenvalue weighted by Crippen LogP contribution is 2.38. The molecule has 0 aliphatic carbocycles. The van der Waals surface area contributed by atoms with Crippen molar-refractivity contribution in [3.05, 3.63) is 12.2 Å². The highest BCUT2D eigenvalue weighted by atomic mass is 28.4. The number of aldehydes is 1. The van der Waals surface area contributed by atoms with Crippen LogP contribution in [0.4, 0.5) is 0 Å². The Hall–Kier alpha value is -0.413. The molecule has 0 amide bonds. The van der Waals surface area contributed by atoms with Crippen LogP contribution in [0.25, 0.3) is 0 Å². The summed E-state index contributed by atoms with van der Waals surface area (Å²) in [4.78, 5) is 10.3. The van der Waals surface area contributed by atoms with Crippen molar-refractivity contribution in [1.82, 2.24) is 0 Å². The van der Waals surface area contributed by atoms with E-state index < -0.39 is 8.32 Å². The van der Waals surface area contributed by atoms with E-state index in [-0.39, 0.29) is 5.04 Å². The van der Waals surface area contributed by atoms with Crippen LogP contribution in [0.5, 0.6) is 0 Å². The van der Waals surface area contributed by atoms with Gasteiger partial charge in [0.2, 0.25) is 0 Å². The Kier molecular flexibility index (Phi) is 8.51. The largest absolute Gasteiger partial charge is 0.414 e. The number of unbranched alkanes of at least 4 members (excludes halogenated alkanes) is 1. The second kappa shape index (κ2) is 8.70. The van der Waals surface area contributed by atoms with E-state index in [0.29, 0.717) is 6.10 Å². The monoisotopic (exact) mass is 284 g/mol. The zero-order valence-electron chi connectivity index (χ0n) is 13.7. The number of hydrogen-bond donors (Lipinski definition) is 0. The first-order valence-electron chi connectivity index (χ1n) is 7.52. The highest BCUT2D eigenvalue weighted by Gasteiger charge is 2.38. The van der Waals surface area contributed by atoms with Crippen LogP contribution in [0, 0.1) is 0 Å². The van der Waals surface area contributed by atoms with Crippen molar-refractivity contribution in [2.75, 3.05) is 0 Å². The molecule has 1 unspecified atom stereocenters. The summed E-state index contributed by atoms with van der Waals surface area (Å²) in [6.07, 6.45) is 10.2. The molecule has 0 aliphatic rings. The molecule has 0 heterocycles. The number of hydrogen-bond acceptors (Lipinski definition) is 2. The van der Waals surface area contributed by atoms with Gasteiger partial charge >= 0.3 is 0 Å². The fourth-order valence-corrected chi connectivity index (χ4v) is 3.14. The highest BCUT2D eigenvalue weighted by molar-refractivity contribution is 6.74.